The number of aryl methyl sites for hydroxylation is 1. The van der Waals surface area contributed by atoms with Gasteiger partial charge in [-0.2, -0.15) is 0 Å². The van der Waals surface area contributed by atoms with Gasteiger partial charge in [0.2, 0.25) is 0 Å². The number of nitrogen functional groups attached to an aromatic ring is 1. The van der Waals surface area contributed by atoms with E-state index in [-0.39, 0.29) is 0 Å². The zero-order chi connectivity index (χ0) is 15.1. The second-order valence-electron chi connectivity index (χ2n) is 5.08. The molecule has 112 valence electrons. The zero-order valence-electron chi connectivity index (χ0n) is 12.8. The normalized spacial score (nSPS) is 10.4. The summed E-state index contributed by atoms with van der Waals surface area (Å²) in [7, 11) is 0. The smallest absolute Gasteiger partial charge is 0.133 e. The van der Waals surface area contributed by atoms with Gasteiger partial charge in [-0.1, -0.05) is 32.4 Å². The largest absolute Gasteiger partial charge is 0.493 e. The molecule has 0 amide bonds. The predicted octanol–water partition coefficient (Wildman–Crippen LogP) is 4.80. The highest BCUT2D eigenvalue weighted by atomic mass is 16.5. The highest BCUT2D eigenvalue weighted by Crippen LogP contribution is 2.29. The van der Waals surface area contributed by atoms with Gasteiger partial charge in [0.1, 0.15) is 17.2 Å². The summed E-state index contributed by atoms with van der Waals surface area (Å²) in [5, 5.41) is 0. The van der Waals surface area contributed by atoms with Crippen molar-refractivity contribution in [3.05, 3.63) is 48.0 Å². The molecule has 0 saturated carbocycles. The van der Waals surface area contributed by atoms with Crippen molar-refractivity contribution in [2.75, 3.05) is 12.3 Å². The lowest BCUT2D eigenvalue weighted by Gasteiger charge is -2.10. The van der Waals surface area contributed by atoms with Crippen LogP contribution in [0, 0.1) is 0 Å². The van der Waals surface area contributed by atoms with Crippen molar-refractivity contribution in [3.63, 3.8) is 0 Å². The standard InChI is InChI=1S/C18H23NO2/c1-3-5-14-6-8-16(9-7-14)21-18-12-15(19)11-17(13-18)20-10-4-2/h6-9,11-13H,3-5,10,19H2,1-2H3. The molecule has 0 fully saturated rings. The van der Waals surface area contributed by atoms with Crippen LogP contribution in [0.25, 0.3) is 0 Å². The van der Waals surface area contributed by atoms with E-state index in [0.29, 0.717) is 18.0 Å². The van der Waals surface area contributed by atoms with Crippen LogP contribution < -0.4 is 15.2 Å². The first-order valence-corrected chi connectivity index (χ1v) is 7.51. The first-order chi connectivity index (χ1) is 10.2. The van der Waals surface area contributed by atoms with E-state index < -0.39 is 0 Å². The minimum Gasteiger partial charge on any atom is -0.493 e. The Morgan fingerprint density at radius 2 is 1.57 bits per heavy atom. The van der Waals surface area contributed by atoms with Crippen LogP contribution in [0.4, 0.5) is 5.69 Å². The molecule has 0 aliphatic rings. The molecular weight excluding hydrogens is 262 g/mol. The summed E-state index contributed by atoms with van der Waals surface area (Å²) in [5.74, 6) is 2.25. The van der Waals surface area contributed by atoms with Gasteiger partial charge < -0.3 is 15.2 Å². The summed E-state index contributed by atoms with van der Waals surface area (Å²) in [6, 6.07) is 13.7. The van der Waals surface area contributed by atoms with Crippen LogP contribution in [0.3, 0.4) is 0 Å². The van der Waals surface area contributed by atoms with Crippen molar-refractivity contribution < 1.29 is 9.47 Å². The van der Waals surface area contributed by atoms with Gasteiger partial charge in [-0.3, -0.25) is 0 Å². The molecule has 0 unspecified atom stereocenters. The first-order valence-electron chi connectivity index (χ1n) is 7.51. The van der Waals surface area contributed by atoms with Crippen LogP contribution in [0.2, 0.25) is 0 Å². The van der Waals surface area contributed by atoms with E-state index in [0.717, 1.165) is 30.8 Å². The van der Waals surface area contributed by atoms with Gasteiger partial charge in [-0.05, 0) is 30.5 Å². The quantitative estimate of drug-likeness (QED) is 0.743. The fraction of sp³-hybridized carbons (Fsp3) is 0.333. The minimum absolute atomic E-state index is 0.640. The van der Waals surface area contributed by atoms with E-state index in [9.17, 15) is 0 Å². The van der Waals surface area contributed by atoms with Gasteiger partial charge in [0.15, 0.2) is 0 Å². The Labute approximate surface area is 126 Å². The highest BCUT2D eigenvalue weighted by Gasteiger charge is 2.03. The molecular formula is C18H23NO2. The third-order valence-electron chi connectivity index (χ3n) is 3.07. The van der Waals surface area contributed by atoms with Crippen molar-refractivity contribution in [3.8, 4) is 17.2 Å². The van der Waals surface area contributed by atoms with E-state index in [1.165, 1.54) is 5.56 Å². The summed E-state index contributed by atoms with van der Waals surface area (Å²) >= 11 is 0. The average Bonchev–Trinajstić information content (AvgIpc) is 2.47. The molecule has 0 bridgehead atoms. The summed E-state index contributed by atoms with van der Waals surface area (Å²) in [6.45, 7) is 4.92. The fourth-order valence-electron chi connectivity index (χ4n) is 2.10. The molecule has 0 saturated heterocycles. The molecule has 2 rings (SSSR count). The lowest BCUT2D eigenvalue weighted by Crippen LogP contribution is -1.97. The summed E-state index contributed by atoms with van der Waals surface area (Å²) in [4.78, 5) is 0. The van der Waals surface area contributed by atoms with Crippen LogP contribution in [-0.4, -0.2) is 6.61 Å². The van der Waals surface area contributed by atoms with Crippen molar-refractivity contribution >= 4 is 5.69 Å². The van der Waals surface area contributed by atoms with Gasteiger partial charge in [-0.25, -0.2) is 0 Å². The molecule has 21 heavy (non-hydrogen) atoms. The molecule has 0 aliphatic heterocycles. The Morgan fingerprint density at radius 3 is 2.24 bits per heavy atom. The molecule has 0 aliphatic carbocycles. The summed E-state index contributed by atoms with van der Waals surface area (Å²) in [6.07, 6.45) is 3.20. The lowest BCUT2D eigenvalue weighted by atomic mass is 10.1. The number of nitrogens with two attached hydrogens (primary N) is 1. The maximum absolute atomic E-state index is 5.89. The molecule has 0 radical (unpaired) electrons. The van der Waals surface area contributed by atoms with E-state index in [4.69, 9.17) is 15.2 Å². The van der Waals surface area contributed by atoms with E-state index in [2.05, 4.69) is 26.0 Å². The lowest BCUT2D eigenvalue weighted by molar-refractivity contribution is 0.316. The van der Waals surface area contributed by atoms with Crippen LogP contribution in [-0.2, 0) is 6.42 Å². The summed E-state index contributed by atoms with van der Waals surface area (Å²) < 4.78 is 11.5. The third-order valence-corrected chi connectivity index (χ3v) is 3.07. The van der Waals surface area contributed by atoms with E-state index >= 15 is 0 Å². The Hall–Kier alpha value is -2.16. The topological polar surface area (TPSA) is 44.5 Å². The zero-order valence-corrected chi connectivity index (χ0v) is 12.8. The van der Waals surface area contributed by atoms with E-state index in [1.807, 2.05) is 24.3 Å². The molecule has 3 heteroatoms. The van der Waals surface area contributed by atoms with Gasteiger partial charge in [0.25, 0.3) is 0 Å². The third kappa shape index (κ3) is 4.71. The van der Waals surface area contributed by atoms with Crippen LogP contribution in [0.1, 0.15) is 32.3 Å². The SMILES string of the molecule is CCCOc1cc(N)cc(Oc2ccc(CCC)cc2)c1. The highest BCUT2D eigenvalue weighted by molar-refractivity contribution is 5.51. The van der Waals surface area contributed by atoms with Crippen LogP contribution >= 0.6 is 0 Å². The van der Waals surface area contributed by atoms with Crippen molar-refractivity contribution in [1.29, 1.82) is 0 Å². The molecule has 0 spiro atoms. The molecule has 2 aromatic rings. The number of benzene rings is 2. The van der Waals surface area contributed by atoms with Gasteiger partial charge in [0.05, 0.1) is 6.61 Å². The van der Waals surface area contributed by atoms with Gasteiger partial charge >= 0.3 is 0 Å². The molecule has 0 heterocycles. The first kappa shape index (κ1) is 15.2. The maximum atomic E-state index is 5.89. The number of anilines is 1. The number of hydrogen-bond donors (Lipinski definition) is 1. The molecule has 2 N–H and O–H groups in total. The summed E-state index contributed by atoms with van der Waals surface area (Å²) in [5.41, 5.74) is 7.85. The fourth-order valence-corrected chi connectivity index (χ4v) is 2.10. The van der Waals surface area contributed by atoms with Crippen molar-refractivity contribution in [1.82, 2.24) is 0 Å². The van der Waals surface area contributed by atoms with Crippen LogP contribution in [0.15, 0.2) is 42.5 Å². The minimum atomic E-state index is 0.640. The number of hydrogen-bond acceptors (Lipinski definition) is 3. The second-order valence-corrected chi connectivity index (χ2v) is 5.08. The van der Waals surface area contributed by atoms with Crippen molar-refractivity contribution in [2.45, 2.75) is 33.1 Å². The molecule has 0 atom stereocenters. The molecule has 3 nitrogen and oxygen atoms in total. The number of ether oxygens (including phenoxy) is 2. The Morgan fingerprint density at radius 1 is 0.857 bits per heavy atom. The second kappa shape index (κ2) is 7.58. The maximum Gasteiger partial charge on any atom is 0.133 e. The Bertz CT molecular complexity index is 564. The predicted molar refractivity (Wildman–Crippen MR) is 87.2 cm³/mol. The number of rotatable bonds is 7. The molecule has 2 aromatic carbocycles. The Kier molecular flexibility index (Phi) is 5.50. The molecule has 0 aromatic heterocycles. The van der Waals surface area contributed by atoms with Crippen LogP contribution in [0.5, 0.6) is 17.2 Å². The Balaban J connectivity index is 2.09. The van der Waals surface area contributed by atoms with Gasteiger partial charge in [-0.15, -0.1) is 0 Å². The average molecular weight is 285 g/mol. The van der Waals surface area contributed by atoms with Gasteiger partial charge in [0, 0.05) is 23.9 Å². The monoisotopic (exact) mass is 285 g/mol. The van der Waals surface area contributed by atoms with E-state index in [1.54, 1.807) is 6.07 Å². The van der Waals surface area contributed by atoms with Crippen molar-refractivity contribution in [2.24, 2.45) is 0 Å².